The van der Waals surface area contributed by atoms with Gasteiger partial charge in [-0.25, -0.2) is 4.98 Å². The SMILES string of the molecule is CCc1cnc(CCNC(=NC)NCCCCOCCc2ccccc2)s1.I. The molecule has 0 amide bonds. The zero-order valence-corrected chi connectivity index (χ0v) is 20.1. The van der Waals surface area contributed by atoms with E-state index in [1.165, 1.54) is 15.4 Å². The lowest BCUT2D eigenvalue weighted by molar-refractivity contribution is 0.133. The average Bonchev–Trinajstić information content (AvgIpc) is 3.17. The Morgan fingerprint density at radius 3 is 2.57 bits per heavy atom. The van der Waals surface area contributed by atoms with E-state index in [2.05, 4.69) is 51.8 Å². The third kappa shape index (κ3) is 10.4. The summed E-state index contributed by atoms with van der Waals surface area (Å²) < 4.78 is 5.72. The minimum atomic E-state index is 0. The van der Waals surface area contributed by atoms with Crippen LogP contribution in [0.5, 0.6) is 0 Å². The summed E-state index contributed by atoms with van der Waals surface area (Å²) in [6, 6.07) is 10.5. The van der Waals surface area contributed by atoms with Crippen LogP contribution in [0.3, 0.4) is 0 Å². The molecule has 2 rings (SSSR count). The first-order valence-corrected chi connectivity index (χ1v) is 10.6. The Bertz CT molecular complexity index is 663. The minimum Gasteiger partial charge on any atom is -0.381 e. The molecule has 0 saturated heterocycles. The highest BCUT2D eigenvalue weighted by Gasteiger charge is 2.02. The molecule has 0 bridgehead atoms. The molecule has 0 aliphatic heterocycles. The maximum atomic E-state index is 5.72. The number of halogens is 1. The fourth-order valence-electron chi connectivity index (χ4n) is 2.61. The molecular weight excluding hydrogens is 483 g/mol. The Kier molecular flexibility index (Phi) is 13.9. The summed E-state index contributed by atoms with van der Waals surface area (Å²) in [6.45, 7) is 5.51. The van der Waals surface area contributed by atoms with Gasteiger partial charge in [-0.05, 0) is 31.2 Å². The molecular formula is C21H33IN4OS. The third-order valence-corrected chi connectivity index (χ3v) is 5.39. The fraction of sp³-hybridized carbons (Fsp3) is 0.524. The molecule has 156 valence electrons. The predicted octanol–water partition coefficient (Wildman–Crippen LogP) is 4.07. The standard InChI is InChI=1S/C21H32N4OS.HI/c1-3-19-17-25-20(27-19)11-14-24-21(22-2)23-13-7-8-15-26-16-12-18-9-5-4-6-10-18;/h4-6,9-10,17H,3,7-8,11-16H2,1-2H3,(H2,22,23,24);1H. The van der Waals surface area contributed by atoms with Crippen LogP contribution in [0, 0.1) is 0 Å². The van der Waals surface area contributed by atoms with Gasteiger partial charge in [-0.3, -0.25) is 4.99 Å². The van der Waals surface area contributed by atoms with Crippen LogP contribution in [0.25, 0.3) is 0 Å². The van der Waals surface area contributed by atoms with Crippen LogP contribution >= 0.6 is 35.3 Å². The van der Waals surface area contributed by atoms with Crippen molar-refractivity contribution >= 4 is 41.3 Å². The normalized spacial score (nSPS) is 11.1. The van der Waals surface area contributed by atoms with E-state index in [1.54, 1.807) is 18.4 Å². The van der Waals surface area contributed by atoms with E-state index in [-0.39, 0.29) is 24.0 Å². The van der Waals surface area contributed by atoms with Crippen LogP contribution in [0.2, 0.25) is 0 Å². The maximum Gasteiger partial charge on any atom is 0.190 e. The highest BCUT2D eigenvalue weighted by molar-refractivity contribution is 14.0. The lowest BCUT2D eigenvalue weighted by Crippen LogP contribution is -2.38. The topological polar surface area (TPSA) is 58.5 Å². The van der Waals surface area contributed by atoms with E-state index in [9.17, 15) is 0 Å². The number of nitrogens with zero attached hydrogens (tertiary/aromatic N) is 2. The highest BCUT2D eigenvalue weighted by atomic mass is 127. The number of rotatable bonds is 12. The monoisotopic (exact) mass is 516 g/mol. The Balaban J connectivity index is 0.00000392. The van der Waals surface area contributed by atoms with Crippen LogP contribution in [0.15, 0.2) is 41.5 Å². The van der Waals surface area contributed by atoms with Gasteiger partial charge in [0.1, 0.15) is 0 Å². The Hall–Kier alpha value is -1.19. The molecule has 0 spiro atoms. The first-order valence-electron chi connectivity index (χ1n) is 9.81. The number of hydrogen-bond donors (Lipinski definition) is 2. The average molecular weight is 516 g/mol. The van der Waals surface area contributed by atoms with Crippen LogP contribution in [-0.4, -0.2) is 44.3 Å². The van der Waals surface area contributed by atoms with E-state index in [4.69, 9.17) is 4.74 Å². The molecule has 5 nitrogen and oxygen atoms in total. The predicted molar refractivity (Wildman–Crippen MR) is 130 cm³/mol. The van der Waals surface area contributed by atoms with Crippen molar-refractivity contribution in [3.8, 4) is 0 Å². The van der Waals surface area contributed by atoms with Gasteiger partial charge in [0.15, 0.2) is 5.96 Å². The van der Waals surface area contributed by atoms with Gasteiger partial charge in [-0.15, -0.1) is 35.3 Å². The first kappa shape index (κ1) is 24.8. The second-order valence-electron chi connectivity index (χ2n) is 6.30. The van der Waals surface area contributed by atoms with E-state index in [0.717, 1.165) is 64.4 Å². The number of nitrogens with one attached hydrogen (secondary N) is 2. The van der Waals surface area contributed by atoms with Crippen molar-refractivity contribution in [2.75, 3.05) is 33.4 Å². The number of hydrogen-bond acceptors (Lipinski definition) is 4. The second-order valence-corrected chi connectivity index (χ2v) is 7.50. The summed E-state index contributed by atoms with van der Waals surface area (Å²) in [5.41, 5.74) is 1.33. The molecule has 2 N–H and O–H groups in total. The lowest BCUT2D eigenvalue weighted by atomic mass is 10.2. The number of guanidine groups is 1. The van der Waals surface area contributed by atoms with Crippen LogP contribution in [0.1, 0.15) is 35.2 Å². The number of unbranched alkanes of at least 4 members (excludes halogenated alkanes) is 1. The summed E-state index contributed by atoms with van der Waals surface area (Å²) in [5.74, 6) is 0.854. The number of aliphatic imine (C=N–C) groups is 1. The fourth-order valence-corrected chi connectivity index (χ4v) is 3.47. The van der Waals surface area contributed by atoms with Crippen molar-refractivity contribution < 1.29 is 4.74 Å². The number of aromatic nitrogens is 1. The minimum absolute atomic E-state index is 0. The van der Waals surface area contributed by atoms with Crippen LogP contribution < -0.4 is 10.6 Å². The summed E-state index contributed by atoms with van der Waals surface area (Å²) in [5, 5.41) is 7.89. The van der Waals surface area contributed by atoms with Gasteiger partial charge in [0.05, 0.1) is 11.6 Å². The molecule has 0 atom stereocenters. The molecule has 0 radical (unpaired) electrons. The Morgan fingerprint density at radius 2 is 1.86 bits per heavy atom. The summed E-state index contributed by atoms with van der Waals surface area (Å²) in [6.07, 6.45) is 7.07. The smallest absolute Gasteiger partial charge is 0.190 e. The van der Waals surface area contributed by atoms with Crippen LogP contribution in [0.4, 0.5) is 0 Å². The van der Waals surface area contributed by atoms with Gasteiger partial charge in [-0.2, -0.15) is 0 Å². The zero-order chi connectivity index (χ0) is 19.2. The van der Waals surface area contributed by atoms with Crippen molar-refractivity contribution in [3.63, 3.8) is 0 Å². The number of aryl methyl sites for hydroxylation is 1. The summed E-state index contributed by atoms with van der Waals surface area (Å²) in [4.78, 5) is 10.1. The molecule has 0 saturated carbocycles. The van der Waals surface area contributed by atoms with Crippen LogP contribution in [-0.2, 0) is 24.0 Å². The Morgan fingerprint density at radius 1 is 1.07 bits per heavy atom. The van der Waals surface area contributed by atoms with Gasteiger partial charge >= 0.3 is 0 Å². The third-order valence-electron chi connectivity index (χ3n) is 4.19. The summed E-state index contributed by atoms with van der Waals surface area (Å²) in [7, 11) is 1.81. The van der Waals surface area contributed by atoms with E-state index >= 15 is 0 Å². The molecule has 2 aromatic rings. The summed E-state index contributed by atoms with van der Waals surface area (Å²) >= 11 is 1.80. The van der Waals surface area contributed by atoms with Crippen molar-refractivity contribution in [2.45, 2.75) is 39.0 Å². The number of thiazole rings is 1. The molecule has 7 heteroatoms. The molecule has 1 aromatic carbocycles. The van der Waals surface area contributed by atoms with E-state index in [1.807, 2.05) is 12.3 Å². The first-order chi connectivity index (χ1) is 13.3. The molecule has 1 aromatic heterocycles. The quantitative estimate of drug-likeness (QED) is 0.193. The van der Waals surface area contributed by atoms with Crippen molar-refractivity contribution in [1.29, 1.82) is 0 Å². The van der Waals surface area contributed by atoms with Crippen molar-refractivity contribution in [1.82, 2.24) is 15.6 Å². The molecule has 0 aliphatic carbocycles. The molecule has 1 heterocycles. The zero-order valence-electron chi connectivity index (χ0n) is 16.9. The van der Waals surface area contributed by atoms with Crippen molar-refractivity contribution in [3.05, 3.63) is 52.0 Å². The van der Waals surface area contributed by atoms with E-state index < -0.39 is 0 Å². The van der Waals surface area contributed by atoms with Gasteiger partial charge in [0.2, 0.25) is 0 Å². The van der Waals surface area contributed by atoms with E-state index in [0.29, 0.717) is 0 Å². The van der Waals surface area contributed by atoms with Gasteiger partial charge in [-0.1, -0.05) is 37.3 Å². The lowest BCUT2D eigenvalue weighted by Gasteiger charge is -2.11. The Labute approximate surface area is 190 Å². The van der Waals surface area contributed by atoms with Gasteiger partial charge < -0.3 is 15.4 Å². The highest BCUT2D eigenvalue weighted by Crippen LogP contribution is 2.13. The number of benzene rings is 1. The largest absolute Gasteiger partial charge is 0.381 e. The number of ether oxygens (including phenoxy) is 1. The molecule has 0 fully saturated rings. The second kappa shape index (κ2) is 15.7. The van der Waals surface area contributed by atoms with Gasteiger partial charge in [0.25, 0.3) is 0 Å². The molecule has 0 aliphatic rings. The maximum absolute atomic E-state index is 5.72. The molecule has 0 unspecified atom stereocenters. The van der Waals surface area contributed by atoms with Gasteiger partial charge in [0, 0.05) is 44.2 Å². The van der Waals surface area contributed by atoms with Crippen molar-refractivity contribution in [2.24, 2.45) is 4.99 Å². The molecule has 28 heavy (non-hydrogen) atoms.